The van der Waals surface area contributed by atoms with E-state index in [1.165, 1.54) is 5.56 Å². The molecule has 0 saturated heterocycles. The Morgan fingerprint density at radius 2 is 1.81 bits per heavy atom. The number of benzene rings is 2. The zero-order valence-electron chi connectivity index (χ0n) is 15.2. The summed E-state index contributed by atoms with van der Waals surface area (Å²) in [5.41, 5.74) is 6.68. The van der Waals surface area contributed by atoms with E-state index in [2.05, 4.69) is 29.5 Å². The van der Waals surface area contributed by atoms with E-state index in [-0.39, 0.29) is 5.91 Å². The SMILES string of the molecule is CSCc1cccc(NC(=O)c2cccc(-c3ccccn3)c2C)c1C. The van der Waals surface area contributed by atoms with Crippen molar-refractivity contribution in [2.75, 3.05) is 11.6 Å². The summed E-state index contributed by atoms with van der Waals surface area (Å²) in [4.78, 5) is 17.3. The molecule has 4 heteroatoms. The van der Waals surface area contributed by atoms with Crippen LogP contribution in [0.2, 0.25) is 0 Å². The zero-order valence-corrected chi connectivity index (χ0v) is 16.1. The van der Waals surface area contributed by atoms with Gasteiger partial charge >= 0.3 is 0 Å². The number of nitrogens with zero attached hydrogens (tertiary/aromatic N) is 1. The standard InChI is InChI=1S/C22H22N2OS/c1-15-17(14-26-3)8-6-12-20(15)24-22(25)19-10-7-9-18(16(19)2)21-11-4-5-13-23-21/h4-13H,14H2,1-3H3,(H,24,25). The lowest BCUT2D eigenvalue weighted by Gasteiger charge is -2.14. The summed E-state index contributed by atoms with van der Waals surface area (Å²) in [5, 5.41) is 3.08. The fraction of sp³-hybridized carbons (Fsp3) is 0.182. The monoisotopic (exact) mass is 362 g/mol. The number of anilines is 1. The van der Waals surface area contributed by atoms with E-state index < -0.39 is 0 Å². The van der Waals surface area contributed by atoms with E-state index in [0.29, 0.717) is 5.56 Å². The molecule has 0 aliphatic heterocycles. The van der Waals surface area contributed by atoms with Gasteiger partial charge in [0.05, 0.1) is 5.69 Å². The maximum Gasteiger partial charge on any atom is 0.255 e. The van der Waals surface area contributed by atoms with Crippen molar-refractivity contribution >= 4 is 23.4 Å². The maximum atomic E-state index is 12.9. The maximum absolute atomic E-state index is 12.9. The van der Waals surface area contributed by atoms with Gasteiger partial charge in [-0.15, -0.1) is 0 Å². The van der Waals surface area contributed by atoms with E-state index in [0.717, 1.165) is 33.8 Å². The van der Waals surface area contributed by atoms with Crippen molar-refractivity contribution in [3.05, 3.63) is 83.0 Å². The van der Waals surface area contributed by atoms with Gasteiger partial charge in [0.25, 0.3) is 5.91 Å². The van der Waals surface area contributed by atoms with Crippen LogP contribution in [0.1, 0.15) is 27.0 Å². The molecule has 3 rings (SSSR count). The summed E-state index contributed by atoms with van der Waals surface area (Å²) in [7, 11) is 0. The van der Waals surface area contributed by atoms with Crippen LogP contribution in [0.5, 0.6) is 0 Å². The van der Waals surface area contributed by atoms with Gasteiger partial charge in [0.1, 0.15) is 0 Å². The molecule has 0 saturated carbocycles. The quantitative estimate of drug-likeness (QED) is 0.653. The van der Waals surface area contributed by atoms with Crippen LogP contribution in [0.3, 0.4) is 0 Å². The van der Waals surface area contributed by atoms with Crippen LogP contribution >= 0.6 is 11.8 Å². The topological polar surface area (TPSA) is 42.0 Å². The molecule has 0 bridgehead atoms. The number of amides is 1. The minimum atomic E-state index is -0.0929. The lowest BCUT2D eigenvalue weighted by atomic mass is 9.99. The molecule has 0 aliphatic rings. The van der Waals surface area contributed by atoms with Crippen LogP contribution in [0.15, 0.2) is 60.8 Å². The molecule has 1 aromatic heterocycles. The van der Waals surface area contributed by atoms with Gasteiger partial charge in [-0.2, -0.15) is 11.8 Å². The minimum absolute atomic E-state index is 0.0929. The number of nitrogens with one attached hydrogen (secondary N) is 1. The van der Waals surface area contributed by atoms with E-state index in [1.54, 1.807) is 18.0 Å². The van der Waals surface area contributed by atoms with Gasteiger partial charge in [-0.3, -0.25) is 9.78 Å². The molecule has 0 aliphatic carbocycles. The number of carbonyl (C=O) groups excluding carboxylic acids is 1. The van der Waals surface area contributed by atoms with Crippen molar-refractivity contribution in [2.45, 2.75) is 19.6 Å². The molecule has 2 aromatic carbocycles. The first-order valence-corrected chi connectivity index (χ1v) is 9.91. The number of pyridine rings is 1. The Labute approximate surface area is 158 Å². The molecule has 1 heterocycles. The number of rotatable bonds is 5. The number of carbonyl (C=O) groups is 1. The summed E-state index contributed by atoms with van der Waals surface area (Å²) in [6.45, 7) is 4.02. The number of hydrogen-bond acceptors (Lipinski definition) is 3. The Kier molecular flexibility index (Phi) is 5.74. The van der Waals surface area contributed by atoms with Gasteiger partial charge in [0.15, 0.2) is 0 Å². The molecular formula is C22H22N2OS. The van der Waals surface area contributed by atoms with Gasteiger partial charge in [0, 0.05) is 28.8 Å². The van der Waals surface area contributed by atoms with Crippen molar-refractivity contribution in [1.82, 2.24) is 4.98 Å². The van der Waals surface area contributed by atoms with Gasteiger partial charge in [-0.1, -0.05) is 30.3 Å². The third kappa shape index (κ3) is 3.81. The Balaban J connectivity index is 1.91. The van der Waals surface area contributed by atoms with Gasteiger partial charge in [0.2, 0.25) is 0 Å². The summed E-state index contributed by atoms with van der Waals surface area (Å²) < 4.78 is 0. The highest BCUT2D eigenvalue weighted by molar-refractivity contribution is 7.97. The second-order valence-corrected chi connectivity index (χ2v) is 7.04. The minimum Gasteiger partial charge on any atom is -0.322 e. The first-order valence-electron chi connectivity index (χ1n) is 8.51. The number of hydrogen-bond donors (Lipinski definition) is 1. The summed E-state index contributed by atoms with van der Waals surface area (Å²) in [5.74, 6) is 0.841. The summed E-state index contributed by atoms with van der Waals surface area (Å²) in [6.07, 6.45) is 3.85. The molecular weight excluding hydrogens is 340 g/mol. The van der Waals surface area contributed by atoms with Crippen molar-refractivity contribution in [2.24, 2.45) is 0 Å². The van der Waals surface area contributed by atoms with E-state index in [1.807, 2.05) is 55.5 Å². The highest BCUT2D eigenvalue weighted by atomic mass is 32.2. The summed E-state index contributed by atoms with van der Waals surface area (Å²) >= 11 is 1.78. The van der Waals surface area contributed by atoms with E-state index in [9.17, 15) is 4.79 Å². The predicted molar refractivity (Wildman–Crippen MR) is 111 cm³/mol. The fourth-order valence-electron chi connectivity index (χ4n) is 3.00. The van der Waals surface area contributed by atoms with Crippen LogP contribution in [0.25, 0.3) is 11.3 Å². The molecule has 3 nitrogen and oxygen atoms in total. The normalized spacial score (nSPS) is 10.6. The van der Waals surface area contributed by atoms with Crippen LogP contribution in [0, 0.1) is 13.8 Å². The Bertz CT molecular complexity index is 923. The summed E-state index contributed by atoms with van der Waals surface area (Å²) in [6, 6.07) is 17.6. The van der Waals surface area contributed by atoms with Crippen molar-refractivity contribution in [3.8, 4) is 11.3 Å². The Hall–Kier alpha value is -2.59. The molecule has 0 radical (unpaired) electrons. The number of aromatic nitrogens is 1. The fourth-order valence-corrected chi connectivity index (χ4v) is 3.63. The highest BCUT2D eigenvalue weighted by Gasteiger charge is 2.14. The van der Waals surface area contributed by atoms with Crippen molar-refractivity contribution in [1.29, 1.82) is 0 Å². The van der Waals surface area contributed by atoms with Crippen LogP contribution in [-0.2, 0) is 5.75 Å². The van der Waals surface area contributed by atoms with Gasteiger partial charge in [-0.25, -0.2) is 0 Å². The zero-order chi connectivity index (χ0) is 18.5. The molecule has 0 unspecified atom stereocenters. The van der Waals surface area contributed by atoms with Crippen LogP contribution in [0.4, 0.5) is 5.69 Å². The first kappa shape index (κ1) is 18.2. The largest absolute Gasteiger partial charge is 0.322 e. The lowest BCUT2D eigenvalue weighted by Crippen LogP contribution is -2.15. The lowest BCUT2D eigenvalue weighted by molar-refractivity contribution is 0.102. The second-order valence-electron chi connectivity index (χ2n) is 6.17. The Morgan fingerprint density at radius 1 is 1.00 bits per heavy atom. The van der Waals surface area contributed by atoms with Gasteiger partial charge in [-0.05, 0) is 61.1 Å². The van der Waals surface area contributed by atoms with Crippen molar-refractivity contribution < 1.29 is 4.79 Å². The average molecular weight is 362 g/mol. The van der Waals surface area contributed by atoms with Gasteiger partial charge < -0.3 is 5.32 Å². The third-order valence-electron chi connectivity index (χ3n) is 4.51. The highest BCUT2D eigenvalue weighted by Crippen LogP contribution is 2.26. The van der Waals surface area contributed by atoms with E-state index >= 15 is 0 Å². The third-order valence-corrected chi connectivity index (χ3v) is 5.11. The molecule has 3 aromatic rings. The van der Waals surface area contributed by atoms with E-state index in [4.69, 9.17) is 0 Å². The van der Waals surface area contributed by atoms with Crippen LogP contribution < -0.4 is 5.32 Å². The molecule has 132 valence electrons. The smallest absolute Gasteiger partial charge is 0.255 e. The molecule has 1 N–H and O–H groups in total. The molecule has 0 spiro atoms. The molecule has 0 fully saturated rings. The van der Waals surface area contributed by atoms with Crippen LogP contribution in [-0.4, -0.2) is 17.1 Å². The first-order chi connectivity index (χ1) is 12.6. The van der Waals surface area contributed by atoms with Crippen molar-refractivity contribution in [3.63, 3.8) is 0 Å². The average Bonchev–Trinajstić information content (AvgIpc) is 2.66. The Morgan fingerprint density at radius 3 is 2.54 bits per heavy atom. The second kappa shape index (κ2) is 8.19. The number of thioether (sulfide) groups is 1. The molecule has 1 amide bonds. The molecule has 26 heavy (non-hydrogen) atoms. The molecule has 0 atom stereocenters. The predicted octanol–water partition coefficient (Wildman–Crippen LogP) is 5.48.